The molecule has 3 heteroatoms. The third-order valence-electron chi connectivity index (χ3n) is 3.97. The molecule has 1 aliphatic heterocycles. The standard InChI is InChI=1S/C18H18N2O/c1-20-12-15-9-10-21-18-16(3-2-4-17(15)18)14-7-5-13(11-19)6-8-14/h2-8,15,20H,9-10,12H2,1H3. The summed E-state index contributed by atoms with van der Waals surface area (Å²) in [6, 6.07) is 16.2. The van der Waals surface area contributed by atoms with E-state index in [2.05, 4.69) is 29.6 Å². The highest BCUT2D eigenvalue weighted by Crippen LogP contribution is 2.40. The summed E-state index contributed by atoms with van der Waals surface area (Å²) in [4.78, 5) is 0. The molecule has 1 atom stereocenters. The lowest BCUT2D eigenvalue weighted by molar-refractivity contribution is 0.267. The summed E-state index contributed by atoms with van der Waals surface area (Å²) in [6.07, 6.45) is 1.05. The van der Waals surface area contributed by atoms with Crippen molar-refractivity contribution in [3.63, 3.8) is 0 Å². The molecular formula is C18H18N2O. The maximum atomic E-state index is 8.90. The van der Waals surface area contributed by atoms with Crippen molar-refractivity contribution in [2.45, 2.75) is 12.3 Å². The Bertz CT molecular complexity index is 671. The van der Waals surface area contributed by atoms with Crippen molar-refractivity contribution >= 4 is 0 Å². The van der Waals surface area contributed by atoms with E-state index in [1.54, 1.807) is 0 Å². The van der Waals surface area contributed by atoms with E-state index in [1.165, 1.54) is 5.56 Å². The maximum absolute atomic E-state index is 8.90. The lowest BCUT2D eigenvalue weighted by Gasteiger charge is -2.27. The molecule has 3 rings (SSSR count). The van der Waals surface area contributed by atoms with E-state index in [-0.39, 0.29) is 0 Å². The first kappa shape index (κ1) is 13.7. The van der Waals surface area contributed by atoms with Crippen LogP contribution in [-0.4, -0.2) is 20.2 Å². The van der Waals surface area contributed by atoms with Gasteiger partial charge in [0, 0.05) is 18.0 Å². The summed E-state index contributed by atoms with van der Waals surface area (Å²) >= 11 is 0. The van der Waals surface area contributed by atoms with Crippen molar-refractivity contribution < 1.29 is 4.74 Å². The van der Waals surface area contributed by atoms with Crippen molar-refractivity contribution in [3.8, 4) is 22.9 Å². The first-order valence-corrected chi connectivity index (χ1v) is 7.24. The van der Waals surface area contributed by atoms with Gasteiger partial charge in [-0.15, -0.1) is 0 Å². The van der Waals surface area contributed by atoms with E-state index >= 15 is 0 Å². The van der Waals surface area contributed by atoms with Crippen LogP contribution in [-0.2, 0) is 0 Å². The third-order valence-corrected chi connectivity index (χ3v) is 3.97. The van der Waals surface area contributed by atoms with Crippen LogP contribution in [0.25, 0.3) is 11.1 Å². The van der Waals surface area contributed by atoms with Crippen molar-refractivity contribution in [2.24, 2.45) is 0 Å². The van der Waals surface area contributed by atoms with Crippen molar-refractivity contribution in [3.05, 3.63) is 53.6 Å². The van der Waals surface area contributed by atoms with Gasteiger partial charge in [-0.3, -0.25) is 0 Å². The summed E-state index contributed by atoms with van der Waals surface area (Å²) in [5.41, 5.74) is 4.16. The number of benzene rings is 2. The molecule has 0 fully saturated rings. The van der Waals surface area contributed by atoms with Gasteiger partial charge in [0.15, 0.2) is 0 Å². The van der Waals surface area contributed by atoms with Crippen molar-refractivity contribution in [1.29, 1.82) is 5.26 Å². The van der Waals surface area contributed by atoms with Crippen LogP contribution >= 0.6 is 0 Å². The SMILES string of the molecule is CNCC1CCOc2c(-c3ccc(C#N)cc3)cccc21. The van der Waals surface area contributed by atoms with Gasteiger partial charge in [0.1, 0.15) is 5.75 Å². The Morgan fingerprint density at radius 1 is 1.24 bits per heavy atom. The normalized spacial score (nSPS) is 16.7. The number of likely N-dealkylation sites (N-methyl/N-ethyl adjacent to an activating group) is 1. The molecule has 1 heterocycles. The average molecular weight is 278 g/mol. The fourth-order valence-corrected chi connectivity index (χ4v) is 2.91. The fourth-order valence-electron chi connectivity index (χ4n) is 2.91. The van der Waals surface area contributed by atoms with E-state index in [4.69, 9.17) is 10.00 Å². The zero-order chi connectivity index (χ0) is 14.7. The summed E-state index contributed by atoms with van der Waals surface area (Å²) in [5, 5.41) is 12.2. The van der Waals surface area contributed by atoms with Gasteiger partial charge in [0.05, 0.1) is 18.2 Å². The molecule has 1 unspecified atom stereocenters. The first-order chi connectivity index (χ1) is 10.3. The molecule has 0 bridgehead atoms. The van der Waals surface area contributed by atoms with Crippen LogP contribution in [0, 0.1) is 11.3 Å². The molecule has 2 aromatic carbocycles. The predicted molar refractivity (Wildman–Crippen MR) is 83.4 cm³/mol. The van der Waals surface area contributed by atoms with Gasteiger partial charge in [-0.1, -0.05) is 30.3 Å². The second-order valence-electron chi connectivity index (χ2n) is 5.30. The Balaban J connectivity index is 2.03. The van der Waals surface area contributed by atoms with Gasteiger partial charge < -0.3 is 10.1 Å². The zero-order valence-corrected chi connectivity index (χ0v) is 12.1. The second-order valence-corrected chi connectivity index (χ2v) is 5.30. The average Bonchev–Trinajstić information content (AvgIpc) is 2.55. The Hall–Kier alpha value is -2.31. The van der Waals surface area contributed by atoms with Gasteiger partial charge in [-0.2, -0.15) is 5.26 Å². The van der Waals surface area contributed by atoms with Gasteiger partial charge in [0.2, 0.25) is 0 Å². The molecule has 106 valence electrons. The molecule has 0 saturated carbocycles. The lowest BCUT2D eigenvalue weighted by atomic mass is 9.89. The van der Waals surface area contributed by atoms with Crippen LogP contribution in [0.1, 0.15) is 23.5 Å². The number of fused-ring (bicyclic) bond motifs is 1. The van der Waals surface area contributed by atoms with Gasteiger partial charge >= 0.3 is 0 Å². The molecule has 0 amide bonds. The Labute approximate surface area is 125 Å². The molecule has 0 saturated heterocycles. The minimum Gasteiger partial charge on any atom is -0.493 e. The van der Waals surface area contributed by atoms with E-state index < -0.39 is 0 Å². The van der Waals surface area contributed by atoms with Crippen LogP contribution in [0.5, 0.6) is 5.75 Å². The molecule has 3 nitrogen and oxygen atoms in total. The second kappa shape index (κ2) is 5.99. The topological polar surface area (TPSA) is 45.0 Å². The number of nitrogens with zero attached hydrogens (tertiary/aromatic N) is 1. The predicted octanol–water partition coefficient (Wildman–Crippen LogP) is 3.31. The monoisotopic (exact) mass is 278 g/mol. The number of hydrogen-bond acceptors (Lipinski definition) is 3. The number of hydrogen-bond donors (Lipinski definition) is 1. The van der Waals surface area contributed by atoms with Crippen molar-refractivity contribution in [1.82, 2.24) is 5.32 Å². The zero-order valence-electron chi connectivity index (χ0n) is 12.1. The molecule has 0 radical (unpaired) electrons. The molecule has 1 N–H and O–H groups in total. The minimum absolute atomic E-state index is 0.497. The third kappa shape index (κ3) is 2.63. The molecule has 2 aromatic rings. The van der Waals surface area contributed by atoms with Crippen LogP contribution in [0.3, 0.4) is 0 Å². The summed E-state index contributed by atoms with van der Waals surface area (Å²) in [6.45, 7) is 1.72. The van der Waals surface area contributed by atoms with Gasteiger partial charge in [-0.05, 0) is 36.7 Å². The number of rotatable bonds is 3. The van der Waals surface area contributed by atoms with Crippen LogP contribution in [0.15, 0.2) is 42.5 Å². The molecular weight excluding hydrogens is 260 g/mol. The number of para-hydroxylation sites is 1. The first-order valence-electron chi connectivity index (χ1n) is 7.24. The highest BCUT2D eigenvalue weighted by Gasteiger charge is 2.23. The molecule has 0 aromatic heterocycles. The highest BCUT2D eigenvalue weighted by atomic mass is 16.5. The summed E-state index contributed by atoms with van der Waals surface area (Å²) in [5.74, 6) is 1.49. The molecule has 0 spiro atoms. The van der Waals surface area contributed by atoms with Crippen molar-refractivity contribution in [2.75, 3.05) is 20.2 Å². The quantitative estimate of drug-likeness (QED) is 0.936. The fraction of sp³-hybridized carbons (Fsp3) is 0.278. The molecule has 0 aliphatic carbocycles. The van der Waals surface area contributed by atoms with Gasteiger partial charge in [0.25, 0.3) is 0 Å². The van der Waals surface area contributed by atoms with E-state index in [0.717, 1.165) is 36.4 Å². The molecule has 21 heavy (non-hydrogen) atoms. The van der Waals surface area contributed by atoms with E-state index in [9.17, 15) is 0 Å². The maximum Gasteiger partial charge on any atom is 0.130 e. The summed E-state index contributed by atoms with van der Waals surface area (Å²) < 4.78 is 5.95. The van der Waals surface area contributed by atoms with Crippen LogP contribution < -0.4 is 10.1 Å². The number of nitrogens with one attached hydrogen (secondary N) is 1. The van der Waals surface area contributed by atoms with E-state index in [1.807, 2.05) is 31.3 Å². The molecule has 1 aliphatic rings. The smallest absolute Gasteiger partial charge is 0.130 e. The van der Waals surface area contributed by atoms with Gasteiger partial charge in [-0.25, -0.2) is 0 Å². The Morgan fingerprint density at radius 2 is 2.05 bits per heavy atom. The number of nitriles is 1. The summed E-state index contributed by atoms with van der Waals surface area (Å²) in [7, 11) is 1.99. The Morgan fingerprint density at radius 3 is 2.76 bits per heavy atom. The van der Waals surface area contributed by atoms with Crippen LogP contribution in [0.4, 0.5) is 0 Å². The minimum atomic E-state index is 0.497. The van der Waals surface area contributed by atoms with E-state index in [0.29, 0.717) is 11.5 Å². The largest absolute Gasteiger partial charge is 0.493 e. The lowest BCUT2D eigenvalue weighted by Crippen LogP contribution is -2.23. The Kier molecular flexibility index (Phi) is 3.89. The van der Waals surface area contributed by atoms with Crippen LogP contribution in [0.2, 0.25) is 0 Å². The number of ether oxygens (including phenoxy) is 1. The highest BCUT2D eigenvalue weighted by molar-refractivity contribution is 5.73.